The highest BCUT2D eigenvalue weighted by atomic mass is 35.5. The fourth-order valence-electron chi connectivity index (χ4n) is 2.10. The zero-order valence-electron chi connectivity index (χ0n) is 10.4. The van der Waals surface area contributed by atoms with Crippen LogP contribution in [-0.2, 0) is 6.42 Å². The molecule has 0 bridgehead atoms. The first-order valence-electron chi connectivity index (χ1n) is 6.04. The second kappa shape index (κ2) is 6.61. The first-order valence-corrected chi connectivity index (χ1v) is 6.04. The molecule has 2 rings (SSSR count). The highest BCUT2D eigenvalue weighted by molar-refractivity contribution is 5.95. The zero-order valence-corrected chi connectivity index (χ0v) is 11.3. The van der Waals surface area contributed by atoms with Gasteiger partial charge in [0.1, 0.15) is 5.75 Å². The van der Waals surface area contributed by atoms with Gasteiger partial charge in [0.15, 0.2) is 6.23 Å². The molecule has 1 heterocycles. The largest absolute Gasteiger partial charge is 0.475 e. The summed E-state index contributed by atoms with van der Waals surface area (Å²) in [5.41, 5.74) is 6.86. The van der Waals surface area contributed by atoms with Gasteiger partial charge in [-0.05, 0) is 31.5 Å². The van der Waals surface area contributed by atoms with Crippen LogP contribution in [0.25, 0.3) is 0 Å². The van der Waals surface area contributed by atoms with Crippen LogP contribution in [0.4, 0.5) is 0 Å². The smallest absolute Gasteiger partial charge is 0.249 e. The van der Waals surface area contributed by atoms with Gasteiger partial charge in [0, 0.05) is 17.5 Å². The van der Waals surface area contributed by atoms with E-state index < -0.39 is 0 Å². The minimum Gasteiger partial charge on any atom is -0.475 e. The van der Waals surface area contributed by atoms with Gasteiger partial charge in [-0.15, -0.1) is 12.4 Å². The zero-order chi connectivity index (χ0) is 12.3. The molecule has 1 aromatic carbocycles. The number of nitrogens with one attached hydrogen (secondary N) is 1. The Morgan fingerprint density at radius 1 is 1.56 bits per heavy atom. The first-order chi connectivity index (χ1) is 8.22. The lowest BCUT2D eigenvalue weighted by molar-refractivity contribution is 0.0993. The number of hydrogen-bond acceptors (Lipinski definition) is 3. The molecule has 0 saturated carbocycles. The van der Waals surface area contributed by atoms with Crippen molar-refractivity contribution in [2.45, 2.75) is 32.4 Å². The number of ether oxygens (including phenoxy) is 1. The van der Waals surface area contributed by atoms with Gasteiger partial charge in [0.2, 0.25) is 5.91 Å². The number of carbonyl (C=O) groups excluding carboxylic acids is 1. The van der Waals surface area contributed by atoms with Crippen molar-refractivity contribution in [1.82, 2.24) is 5.32 Å². The van der Waals surface area contributed by atoms with Crippen molar-refractivity contribution in [2.24, 2.45) is 5.73 Å². The van der Waals surface area contributed by atoms with E-state index in [1.807, 2.05) is 6.07 Å². The van der Waals surface area contributed by atoms with E-state index in [1.54, 1.807) is 12.1 Å². The van der Waals surface area contributed by atoms with E-state index in [-0.39, 0.29) is 24.5 Å². The molecule has 0 spiro atoms. The molecule has 0 radical (unpaired) electrons. The lowest BCUT2D eigenvalue weighted by Crippen LogP contribution is -2.38. The summed E-state index contributed by atoms with van der Waals surface area (Å²) in [6, 6.07) is 5.45. The summed E-state index contributed by atoms with van der Waals surface area (Å²) in [5, 5.41) is 3.32. The third-order valence-electron chi connectivity index (χ3n) is 2.95. The average Bonchev–Trinajstić information content (AvgIpc) is 2.35. The summed E-state index contributed by atoms with van der Waals surface area (Å²) in [5.74, 6) is 0.395. The van der Waals surface area contributed by atoms with Crippen LogP contribution in [0, 0.1) is 0 Å². The second-order valence-electron chi connectivity index (χ2n) is 4.25. The van der Waals surface area contributed by atoms with Gasteiger partial charge in [-0.25, -0.2) is 0 Å². The maximum atomic E-state index is 11.3. The van der Waals surface area contributed by atoms with E-state index in [2.05, 4.69) is 12.2 Å². The van der Waals surface area contributed by atoms with Crippen molar-refractivity contribution in [2.75, 3.05) is 6.54 Å². The van der Waals surface area contributed by atoms with Crippen molar-refractivity contribution >= 4 is 18.3 Å². The molecule has 1 unspecified atom stereocenters. The van der Waals surface area contributed by atoms with Crippen molar-refractivity contribution < 1.29 is 9.53 Å². The summed E-state index contributed by atoms with van der Waals surface area (Å²) >= 11 is 0. The molecule has 0 aliphatic carbocycles. The van der Waals surface area contributed by atoms with Crippen LogP contribution in [0.1, 0.15) is 35.7 Å². The molecule has 0 aromatic heterocycles. The van der Waals surface area contributed by atoms with Crippen molar-refractivity contribution in [3.63, 3.8) is 0 Å². The Bertz CT molecular complexity index is 423. The maximum absolute atomic E-state index is 11.3. The molecule has 1 aromatic rings. The standard InChI is InChI=1S/C13H18N2O2.ClH/c1-2-8-15-12-7-6-9-10(13(14)16)4-3-5-11(9)17-12;/h3-5,12,15H,2,6-8H2,1H3,(H2,14,16);1H. The van der Waals surface area contributed by atoms with Crippen LogP contribution in [-0.4, -0.2) is 18.7 Å². The topological polar surface area (TPSA) is 64.3 Å². The van der Waals surface area contributed by atoms with Gasteiger partial charge in [-0.2, -0.15) is 0 Å². The van der Waals surface area contributed by atoms with E-state index in [1.165, 1.54) is 0 Å². The number of carbonyl (C=O) groups is 1. The molecule has 1 atom stereocenters. The first kappa shape index (κ1) is 14.8. The lowest BCUT2D eigenvalue weighted by Gasteiger charge is -2.27. The van der Waals surface area contributed by atoms with E-state index in [0.29, 0.717) is 5.56 Å². The fourth-order valence-corrected chi connectivity index (χ4v) is 2.10. The number of halogens is 1. The number of fused-ring (bicyclic) bond motifs is 1. The molecule has 5 heteroatoms. The molecule has 0 saturated heterocycles. The molecule has 100 valence electrons. The third kappa shape index (κ3) is 3.15. The quantitative estimate of drug-likeness (QED) is 0.878. The summed E-state index contributed by atoms with van der Waals surface area (Å²) in [6.45, 7) is 3.06. The Hall–Kier alpha value is -1.26. The van der Waals surface area contributed by atoms with Gasteiger partial charge < -0.3 is 10.5 Å². The summed E-state index contributed by atoms with van der Waals surface area (Å²) in [4.78, 5) is 11.3. The maximum Gasteiger partial charge on any atom is 0.249 e. The van der Waals surface area contributed by atoms with Crippen molar-refractivity contribution in [3.05, 3.63) is 29.3 Å². The Labute approximate surface area is 113 Å². The van der Waals surface area contributed by atoms with Crippen LogP contribution >= 0.6 is 12.4 Å². The highest BCUT2D eigenvalue weighted by Crippen LogP contribution is 2.29. The molecule has 3 N–H and O–H groups in total. The Kier molecular flexibility index (Phi) is 5.44. The molecule has 4 nitrogen and oxygen atoms in total. The van der Waals surface area contributed by atoms with Crippen molar-refractivity contribution in [1.29, 1.82) is 0 Å². The summed E-state index contributed by atoms with van der Waals surface area (Å²) < 4.78 is 5.81. The normalized spacial score (nSPS) is 17.3. The number of amides is 1. The molecule has 1 amide bonds. The van der Waals surface area contributed by atoms with Gasteiger partial charge in [-0.1, -0.05) is 13.0 Å². The highest BCUT2D eigenvalue weighted by Gasteiger charge is 2.22. The van der Waals surface area contributed by atoms with Gasteiger partial charge in [-0.3, -0.25) is 10.1 Å². The SMILES string of the molecule is CCCNC1CCc2c(cccc2C(N)=O)O1.Cl. The lowest BCUT2D eigenvalue weighted by atomic mass is 9.98. The van der Waals surface area contributed by atoms with Crippen LogP contribution in [0.3, 0.4) is 0 Å². The monoisotopic (exact) mass is 270 g/mol. The molecular formula is C13H19ClN2O2. The van der Waals surface area contributed by atoms with Crippen molar-refractivity contribution in [3.8, 4) is 5.75 Å². The second-order valence-corrected chi connectivity index (χ2v) is 4.25. The van der Waals surface area contributed by atoms with E-state index in [9.17, 15) is 4.79 Å². The number of rotatable bonds is 4. The summed E-state index contributed by atoms with van der Waals surface area (Å²) in [6.07, 6.45) is 2.83. The number of primary amides is 1. The van der Waals surface area contributed by atoms with Gasteiger partial charge in [0.25, 0.3) is 0 Å². The summed E-state index contributed by atoms with van der Waals surface area (Å²) in [7, 11) is 0. The predicted molar refractivity (Wildman–Crippen MR) is 73.2 cm³/mol. The van der Waals surface area contributed by atoms with Crippen LogP contribution < -0.4 is 15.8 Å². The van der Waals surface area contributed by atoms with Crippen LogP contribution in [0.5, 0.6) is 5.75 Å². The Morgan fingerprint density at radius 2 is 2.33 bits per heavy atom. The molecule has 1 aliphatic heterocycles. The third-order valence-corrected chi connectivity index (χ3v) is 2.95. The van der Waals surface area contributed by atoms with Gasteiger partial charge in [0.05, 0.1) is 0 Å². The van der Waals surface area contributed by atoms with E-state index in [4.69, 9.17) is 10.5 Å². The molecule has 18 heavy (non-hydrogen) atoms. The molecule has 1 aliphatic rings. The minimum atomic E-state index is -0.384. The van der Waals surface area contributed by atoms with Crippen LogP contribution in [0.2, 0.25) is 0 Å². The number of benzene rings is 1. The van der Waals surface area contributed by atoms with E-state index in [0.717, 1.165) is 37.1 Å². The predicted octanol–water partition coefficient (Wildman–Crippen LogP) is 1.86. The minimum absolute atomic E-state index is 0. The Morgan fingerprint density at radius 3 is 3.00 bits per heavy atom. The molecular weight excluding hydrogens is 252 g/mol. The van der Waals surface area contributed by atoms with Crippen LogP contribution in [0.15, 0.2) is 18.2 Å². The molecule has 0 fully saturated rings. The fraction of sp³-hybridized carbons (Fsp3) is 0.462. The van der Waals surface area contributed by atoms with Gasteiger partial charge >= 0.3 is 0 Å². The number of hydrogen-bond donors (Lipinski definition) is 2. The average molecular weight is 271 g/mol. The van der Waals surface area contributed by atoms with E-state index >= 15 is 0 Å². The Balaban J connectivity index is 0.00000162. The number of nitrogens with two attached hydrogens (primary N) is 1.